The van der Waals surface area contributed by atoms with Crippen LogP contribution in [0.25, 0.3) is 10.8 Å². The summed E-state index contributed by atoms with van der Waals surface area (Å²) in [6.45, 7) is 0. The smallest absolute Gasteiger partial charge is 0.331 e. The number of anilines is 2. The molecule has 0 fully saturated rings. The number of hydrogen-bond acceptors (Lipinski definition) is 5. The zero-order chi connectivity index (χ0) is 23.6. The number of methoxy groups -OCH3 is 1. The number of primary amides is 1. The number of urea groups is 2. The summed E-state index contributed by atoms with van der Waals surface area (Å²) in [6.07, 6.45) is 5.98. The minimum Gasteiger partial charge on any atom is -0.497 e. The highest BCUT2D eigenvalue weighted by Gasteiger charge is 2.25. The molecule has 8 nitrogen and oxygen atoms in total. The summed E-state index contributed by atoms with van der Waals surface area (Å²) in [5, 5.41) is 7.46. The highest BCUT2D eigenvalue weighted by Crippen LogP contribution is 2.26. The molecule has 1 aromatic heterocycles. The number of allylic oxidation sites excluding steroid dienone is 1. The first-order valence-corrected chi connectivity index (χ1v) is 10.4. The first-order valence-electron chi connectivity index (χ1n) is 10.4. The van der Waals surface area contributed by atoms with E-state index < -0.39 is 18.2 Å². The number of carbonyl (C=O) groups excluding carboxylic acids is 2. The Hall–Kier alpha value is -4.14. The standard InChI is InChI=1S/C24H26FN5O3/c1-33-19-12-10-18(11-13-19)28-22(9-3-2-6-14-25)29-24(32)30(23(26)31)21-16-27-15-17-7-4-5-8-20(17)21/h4-8,10-16,22,28H,2-3,9H2,1H3,(H2,26,31)(H,29,32)/b14-6+. The van der Waals surface area contributed by atoms with Crippen LogP contribution >= 0.6 is 0 Å². The first kappa shape index (κ1) is 23.5. The number of hydrogen-bond donors (Lipinski definition) is 3. The number of carbonyl (C=O) groups is 2. The van der Waals surface area contributed by atoms with Crippen molar-refractivity contribution in [2.24, 2.45) is 5.73 Å². The number of halogens is 1. The number of imide groups is 1. The number of amides is 4. The zero-order valence-corrected chi connectivity index (χ0v) is 18.2. The molecule has 2 aromatic carbocycles. The van der Waals surface area contributed by atoms with E-state index >= 15 is 0 Å². The molecule has 0 aliphatic carbocycles. The number of nitrogens with zero attached hydrogens (tertiary/aromatic N) is 2. The molecule has 172 valence electrons. The lowest BCUT2D eigenvalue weighted by atomic mass is 10.1. The molecular formula is C24H26FN5O3. The van der Waals surface area contributed by atoms with E-state index in [0.717, 1.165) is 16.0 Å². The Bertz CT molecular complexity index is 1120. The largest absolute Gasteiger partial charge is 0.497 e. The minimum absolute atomic E-state index is 0.279. The molecule has 0 saturated carbocycles. The van der Waals surface area contributed by atoms with Gasteiger partial charge in [0.1, 0.15) is 11.9 Å². The van der Waals surface area contributed by atoms with Gasteiger partial charge in [0, 0.05) is 22.7 Å². The fraction of sp³-hybridized carbons (Fsp3) is 0.208. The molecule has 3 rings (SSSR count). The Labute approximate surface area is 191 Å². The van der Waals surface area contributed by atoms with Gasteiger partial charge in [-0.15, -0.1) is 0 Å². The lowest BCUT2D eigenvalue weighted by molar-refractivity contribution is 0.236. The maximum Gasteiger partial charge on any atom is 0.331 e. The highest BCUT2D eigenvalue weighted by atomic mass is 19.1. The molecule has 4 amide bonds. The van der Waals surface area contributed by atoms with Crippen molar-refractivity contribution >= 4 is 34.2 Å². The fourth-order valence-electron chi connectivity index (χ4n) is 3.39. The summed E-state index contributed by atoms with van der Waals surface area (Å²) in [7, 11) is 1.57. The van der Waals surface area contributed by atoms with Crippen LogP contribution in [0.15, 0.2) is 73.3 Å². The molecule has 3 aromatic rings. The van der Waals surface area contributed by atoms with Gasteiger partial charge in [-0.05, 0) is 43.5 Å². The molecule has 0 radical (unpaired) electrons. The average Bonchev–Trinajstić information content (AvgIpc) is 2.82. The molecule has 0 aliphatic rings. The van der Waals surface area contributed by atoms with Crippen LogP contribution in [0, 0.1) is 0 Å². The molecule has 1 unspecified atom stereocenters. The number of aromatic nitrogens is 1. The molecule has 1 heterocycles. The molecule has 0 saturated heterocycles. The van der Waals surface area contributed by atoms with Crippen molar-refractivity contribution in [1.82, 2.24) is 10.3 Å². The van der Waals surface area contributed by atoms with Crippen LogP contribution in [0.5, 0.6) is 5.75 Å². The summed E-state index contributed by atoms with van der Waals surface area (Å²) >= 11 is 0. The average molecular weight is 452 g/mol. The second kappa shape index (κ2) is 11.5. The number of pyridine rings is 1. The van der Waals surface area contributed by atoms with Gasteiger partial charge < -0.3 is 21.1 Å². The summed E-state index contributed by atoms with van der Waals surface area (Å²) in [5.41, 5.74) is 6.59. The summed E-state index contributed by atoms with van der Waals surface area (Å²) in [5.74, 6) is 0.692. The molecule has 4 N–H and O–H groups in total. The van der Waals surface area contributed by atoms with Gasteiger partial charge in [-0.2, -0.15) is 0 Å². The van der Waals surface area contributed by atoms with E-state index in [1.807, 2.05) is 12.1 Å². The van der Waals surface area contributed by atoms with Crippen molar-refractivity contribution in [2.45, 2.75) is 25.4 Å². The third kappa shape index (κ3) is 6.19. The van der Waals surface area contributed by atoms with Gasteiger partial charge in [0.15, 0.2) is 0 Å². The van der Waals surface area contributed by atoms with Crippen LogP contribution in [-0.2, 0) is 0 Å². The van der Waals surface area contributed by atoms with Crippen molar-refractivity contribution < 1.29 is 18.7 Å². The lowest BCUT2D eigenvalue weighted by Crippen LogP contribution is -2.52. The van der Waals surface area contributed by atoms with E-state index in [2.05, 4.69) is 15.6 Å². The Kier molecular flexibility index (Phi) is 8.18. The second-order valence-corrected chi connectivity index (χ2v) is 7.22. The molecule has 9 heteroatoms. The van der Waals surface area contributed by atoms with E-state index in [0.29, 0.717) is 36.7 Å². The topological polar surface area (TPSA) is 110 Å². The molecule has 1 atom stereocenters. The SMILES string of the molecule is COc1ccc(NC(CCC/C=C/F)NC(=O)N(C(N)=O)c2cncc3ccccc23)cc1. The van der Waals surface area contributed by atoms with Gasteiger partial charge in [0.25, 0.3) is 0 Å². The van der Waals surface area contributed by atoms with Crippen molar-refractivity contribution in [1.29, 1.82) is 0 Å². The molecular weight excluding hydrogens is 425 g/mol. The third-order valence-corrected chi connectivity index (χ3v) is 4.99. The molecule has 0 aliphatic heterocycles. The summed E-state index contributed by atoms with van der Waals surface area (Å²) < 4.78 is 17.5. The van der Waals surface area contributed by atoms with E-state index in [1.165, 1.54) is 12.3 Å². The number of fused-ring (bicyclic) bond motifs is 1. The van der Waals surface area contributed by atoms with Crippen molar-refractivity contribution in [3.63, 3.8) is 0 Å². The monoisotopic (exact) mass is 451 g/mol. The van der Waals surface area contributed by atoms with Crippen molar-refractivity contribution in [2.75, 3.05) is 17.3 Å². The van der Waals surface area contributed by atoms with E-state index in [4.69, 9.17) is 10.5 Å². The number of ether oxygens (including phenoxy) is 1. The number of nitrogens with one attached hydrogen (secondary N) is 2. The maximum absolute atomic E-state index is 13.2. The van der Waals surface area contributed by atoms with E-state index in [-0.39, 0.29) is 5.69 Å². The number of benzene rings is 2. The fourth-order valence-corrected chi connectivity index (χ4v) is 3.39. The van der Waals surface area contributed by atoms with Gasteiger partial charge in [-0.3, -0.25) is 4.98 Å². The number of nitrogens with two attached hydrogens (primary N) is 1. The predicted molar refractivity (Wildman–Crippen MR) is 127 cm³/mol. The Morgan fingerprint density at radius 3 is 2.64 bits per heavy atom. The highest BCUT2D eigenvalue weighted by molar-refractivity contribution is 6.17. The second-order valence-electron chi connectivity index (χ2n) is 7.22. The summed E-state index contributed by atoms with van der Waals surface area (Å²) in [4.78, 5) is 30.4. The predicted octanol–water partition coefficient (Wildman–Crippen LogP) is 4.93. The lowest BCUT2D eigenvalue weighted by Gasteiger charge is -2.26. The number of unbranched alkanes of at least 4 members (excludes halogenated alkanes) is 1. The van der Waals surface area contributed by atoms with Crippen molar-refractivity contribution in [3.8, 4) is 5.75 Å². The number of rotatable bonds is 9. The van der Waals surface area contributed by atoms with E-state index in [1.54, 1.807) is 49.7 Å². The Morgan fingerprint density at radius 1 is 1.18 bits per heavy atom. The minimum atomic E-state index is -0.936. The normalized spacial score (nSPS) is 11.8. The first-order chi connectivity index (χ1) is 16.0. The van der Waals surface area contributed by atoms with Crippen molar-refractivity contribution in [3.05, 3.63) is 73.3 Å². The maximum atomic E-state index is 13.2. The van der Waals surface area contributed by atoms with Gasteiger partial charge in [0.05, 0.1) is 25.3 Å². The van der Waals surface area contributed by atoms with Crippen LogP contribution in [-0.4, -0.2) is 30.3 Å². The van der Waals surface area contributed by atoms with Crippen LogP contribution in [0.2, 0.25) is 0 Å². The van der Waals surface area contributed by atoms with Gasteiger partial charge in [-0.25, -0.2) is 18.9 Å². The third-order valence-electron chi connectivity index (χ3n) is 4.99. The quantitative estimate of drug-likeness (QED) is 0.316. The van der Waals surface area contributed by atoms with Crippen LogP contribution in [0.3, 0.4) is 0 Å². The van der Waals surface area contributed by atoms with Gasteiger partial charge in [0.2, 0.25) is 0 Å². The Morgan fingerprint density at radius 2 is 1.94 bits per heavy atom. The van der Waals surface area contributed by atoms with Crippen LogP contribution in [0.1, 0.15) is 19.3 Å². The van der Waals surface area contributed by atoms with E-state index in [9.17, 15) is 14.0 Å². The van der Waals surface area contributed by atoms with Crippen LogP contribution < -0.4 is 26.0 Å². The van der Waals surface area contributed by atoms with Gasteiger partial charge in [-0.1, -0.05) is 30.3 Å². The Balaban J connectivity index is 1.83. The molecule has 0 bridgehead atoms. The van der Waals surface area contributed by atoms with Gasteiger partial charge >= 0.3 is 12.1 Å². The zero-order valence-electron chi connectivity index (χ0n) is 18.2. The van der Waals surface area contributed by atoms with Crippen LogP contribution in [0.4, 0.5) is 25.4 Å². The summed E-state index contributed by atoms with van der Waals surface area (Å²) in [6, 6.07) is 12.8. The molecule has 33 heavy (non-hydrogen) atoms. The molecule has 0 spiro atoms.